The molecule has 0 atom stereocenters. The van der Waals surface area contributed by atoms with E-state index < -0.39 is 0 Å². The first-order valence-electron chi connectivity index (χ1n) is 6.41. The molecule has 3 N–H and O–H groups in total. The van der Waals surface area contributed by atoms with Crippen molar-refractivity contribution in [2.45, 2.75) is 6.92 Å². The van der Waals surface area contributed by atoms with Gasteiger partial charge in [-0.1, -0.05) is 0 Å². The Labute approximate surface area is 123 Å². The van der Waals surface area contributed by atoms with Crippen LogP contribution in [0, 0.1) is 6.92 Å². The number of nitrogen functional groups attached to an aromatic ring is 1. The predicted molar refractivity (Wildman–Crippen MR) is 82.3 cm³/mol. The Balaban J connectivity index is 2.76. The number of hydrogen-bond acceptors (Lipinski definition) is 5. The minimum Gasteiger partial charge on any atom is -0.508 e. The summed E-state index contributed by atoms with van der Waals surface area (Å²) < 4.78 is 16.1. The summed E-state index contributed by atoms with van der Waals surface area (Å²) in [5, 5.41) is 9.82. The third-order valence-corrected chi connectivity index (χ3v) is 3.37. The highest BCUT2D eigenvalue weighted by atomic mass is 16.5. The van der Waals surface area contributed by atoms with Crippen LogP contribution in [0.1, 0.15) is 5.56 Å². The van der Waals surface area contributed by atoms with Gasteiger partial charge in [0.2, 0.25) is 5.75 Å². The van der Waals surface area contributed by atoms with E-state index in [1.165, 1.54) is 0 Å². The van der Waals surface area contributed by atoms with E-state index in [1.54, 1.807) is 39.5 Å². The van der Waals surface area contributed by atoms with E-state index in [-0.39, 0.29) is 5.75 Å². The van der Waals surface area contributed by atoms with Gasteiger partial charge in [-0.15, -0.1) is 0 Å². The van der Waals surface area contributed by atoms with Crippen LogP contribution < -0.4 is 19.9 Å². The van der Waals surface area contributed by atoms with Gasteiger partial charge in [-0.3, -0.25) is 0 Å². The van der Waals surface area contributed by atoms with Crippen molar-refractivity contribution in [1.29, 1.82) is 0 Å². The van der Waals surface area contributed by atoms with Gasteiger partial charge in [-0.25, -0.2) is 0 Å². The van der Waals surface area contributed by atoms with Crippen molar-refractivity contribution < 1.29 is 19.3 Å². The second-order valence-electron chi connectivity index (χ2n) is 4.61. The lowest BCUT2D eigenvalue weighted by molar-refractivity contribution is 0.325. The molecule has 0 aliphatic heterocycles. The van der Waals surface area contributed by atoms with Gasteiger partial charge in [0.1, 0.15) is 5.75 Å². The lowest BCUT2D eigenvalue weighted by Crippen LogP contribution is -1.99. The third-order valence-electron chi connectivity index (χ3n) is 3.37. The van der Waals surface area contributed by atoms with Crippen LogP contribution in [0.3, 0.4) is 0 Å². The van der Waals surface area contributed by atoms with Crippen molar-refractivity contribution >= 4 is 5.69 Å². The van der Waals surface area contributed by atoms with Crippen LogP contribution in [0.5, 0.6) is 23.0 Å². The van der Waals surface area contributed by atoms with Crippen molar-refractivity contribution in [2.75, 3.05) is 27.1 Å². The van der Waals surface area contributed by atoms with Crippen LogP contribution in [0.15, 0.2) is 24.3 Å². The van der Waals surface area contributed by atoms with Crippen LogP contribution in [0.25, 0.3) is 11.1 Å². The van der Waals surface area contributed by atoms with Crippen molar-refractivity contribution in [1.82, 2.24) is 0 Å². The first-order valence-corrected chi connectivity index (χ1v) is 6.41. The van der Waals surface area contributed by atoms with Gasteiger partial charge in [0.15, 0.2) is 11.5 Å². The standard InChI is InChI=1S/C16H19NO4/c1-9-7-10(18)8-12(14(9)17)11-5-6-13(19-2)16(21-4)15(11)20-3/h5-8,18H,17H2,1-4H3. The number of hydrogen-bond donors (Lipinski definition) is 2. The fourth-order valence-electron chi connectivity index (χ4n) is 2.32. The summed E-state index contributed by atoms with van der Waals surface area (Å²) in [6.07, 6.45) is 0. The molecule has 0 fully saturated rings. The zero-order chi connectivity index (χ0) is 15.6. The van der Waals surface area contributed by atoms with E-state index >= 15 is 0 Å². The molecule has 0 unspecified atom stereocenters. The van der Waals surface area contributed by atoms with E-state index in [4.69, 9.17) is 19.9 Å². The van der Waals surface area contributed by atoms with Crippen molar-refractivity contribution in [2.24, 2.45) is 0 Å². The number of methoxy groups -OCH3 is 3. The van der Waals surface area contributed by atoms with Crippen LogP contribution in [-0.4, -0.2) is 26.4 Å². The maximum absolute atomic E-state index is 9.82. The minimum absolute atomic E-state index is 0.147. The molecule has 0 amide bonds. The molecular formula is C16H19NO4. The molecule has 112 valence electrons. The lowest BCUT2D eigenvalue weighted by atomic mass is 9.98. The average Bonchev–Trinajstić information content (AvgIpc) is 2.49. The Morgan fingerprint density at radius 2 is 1.57 bits per heavy atom. The largest absolute Gasteiger partial charge is 0.508 e. The number of ether oxygens (including phenoxy) is 3. The quantitative estimate of drug-likeness (QED) is 0.668. The van der Waals surface area contributed by atoms with Gasteiger partial charge >= 0.3 is 0 Å². The molecule has 0 bridgehead atoms. The maximum atomic E-state index is 9.82. The first-order chi connectivity index (χ1) is 10.0. The van der Waals surface area contributed by atoms with Gasteiger partial charge < -0.3 is 25.1 Å². The van der Waals surface area contributed by atoms with Crippen LogP contribution in [-0.2, 0) is 0 Å². The number of phenols is 1. The molecule has 0 aliphatic carbocycles. The number of nitrogens with two attached hydrogens (primary N) is 1. The van der Waals surface area contributed by atoms with Gasteiger partial charge in [0.05, 0.1) is 21.3 Å². The van der Waals surface area contributed by atoms with E-state index in [0.717, 1.165) is 11.1 Å². The summed E-state index contributed by atoms with van der Waals surface area (Å²) >= 11 is 0. The molecule has 5 heteroatoms. The number of anilines is 1. The van der Waals surface area contributed by atoms with E-state index in [1.807, 2.05) is 13.0 Å². The van der Waals surface area contributed by atoms with Crippen LogP contribution in [0.2, 0.25) is 0 Å². The van der Waals surface area contributed by atoms with Crippen molar-refractivity contribution in [3.05, 3.63) is 29.8 Å². The summed E-state index contributed by atoms with van der Waals surface area (Å²) in [7, 11) is 4.65. The van der Waals surface area contributed by atoms with Crippen molar-refractivity contribution in [3.63, 3.8) is 0 Å². The number of benzene rings is 2. The SMILES string of the molecule is COc1ccc(-c2cc(O)cc(C)c2N)c(OC)c1OC. The van der Waals surface area contributed by atoms with E-state index in [0.29, 0.717) is 28.5 Å². The Morgan fingerprint density at radius 3 is 2.14 bits per heavy atom. The third kappa shape index (κ3) is 2.54. The molecule has 2 aromatic carbocycles. The van der Waals surface area contributed by atoms with Gasteiger partial charge in [0, 0.05) is 16.8 Å². The smallest absolute Gasteiger partial charge is 0.203 e. The normalized spacial score (nSPS) is 10.3. The average molecular weight is 289 g/mol. The summed E-state index contributed by atoms with van der Waals surface area (Å²) in [5.74, 6) is 1.70. The summed E-state index contributed by atoms with van der Waals surface area (Å²) in [5.41, 5.74) is 8.92. The topological polar surface area (TPSA) is 73.9 Å². The number of phenolic OH excluding ortho intramolecular Hbond substituents is 1. The molecular weight excluding hydrogens is 270 g/mol. The zero-order valence-electron chi connectivity index (χ0n) is 12.6. The molecule has 2 rings (SSSR count). The summed E-state index contributed by atoms with van der Waals surface area (Å²) in [6.45, 7) is 1.84. The van der Waals surface area contributed by atoms with Gasteiger partial charge in [0.25, 0.3) is 0 Å². The molecule has 21 heavy (non-hydrogen) atoms. The Hall–Kier alpha value is -2.56. The molecule has 0 saturated carbocycles. The molecule has 0 spiro atoms. The zero-order valence-corrected chi connectivity index (χ0v) is 12.6. The Bertz CT molecular complexity index is 668. The predicted octanol–water partition coefficient (Wildman–Crippen LogP) is 2.98. The fourth-order valence-corrected chi connectivity index (χ4v) is 2.32. The Morgan fingerprint density at radius 1 is 0.905 bits per heavy atom. The van der Waals surface area contributed by atoms with Crippen LogP contribution in [0.4, 0.5) is 5.69 Å². The highest BCUT2D eigenvalue weighted by molar-refractivity contribution is 5.86. The minimum atomic E-state index is 0.147. The van der Waals surface area contributed by atoms with Gasteiger partial charge in [-0.05, 0) is 36.8 Å². The highest BCUT2D eigenvalue weighted by Gasteiger charge is 2.19. The highest BCUT2D eigenvalue weighted by Crippen LogP contribution is 2.46. The maximum Gasteiger partial charge on any atom is 0.203 e. The van der Waals surface area contributed by atoms with Crippen molar-refractivity contribution in [3.8, 4) is 34.1 Å². The molecule has 0 aliphatic rings. The lowest BCUT2D eigenvalue weighted by Gasteiger charge is -2.17. The van der Waals surface area contributed by atoms with E-state index in [2.05, 4.69) is 0 Å². The number of aryl methyl sites for hydroxylation is 1. The molecule has 0 radical (unpaired) electrons. The summed E-state index contributed by atoms with van der Waals surface area (Å²) in [6, 6.07) is 6.82. The fraction of sp³-hybridized carbons (Fsp3) is 0.250. The van der Waals surface area contributed by atoms with Gasteiger partial charge in [-0.2, -0.15) is 0 Å². The second kappa shape index (κ2) is 5.83. The number of aromatic hydroxyl groups is 1. The molecule has 0 saturated heterocycles. The van der Waals surface area contributed by atoms with E-state index in [9.17, 15) is 5.11 Å². The number of rotatable bonds is 4. The first kappa shape index (κ1) is 14.8. The Kier molecular flexibility index (Phi) is 4.12. The van der Waals surface area contributed by atoms with Crippen LogP contribution >= 0.6 is 0 Å². The molecule has 0 aromatic heterocycles. The molecule has 2 aromatic rings. The molecule has 5 nitrogen and oxygen atoms in total. The second-order valence-corrected chi connectivity index (χ2v) is 4.61. The monoisotopic (exact) mass is 289 g/mol. The summed E-state index contributed by atoms with van der Waals surface area (Å²) in [4.78, 5) is 0. The molecule has 0 heterocycles.